The second-order valence-corrected chi connectivity index (χ2v) is 5.62. The van der Waals surface area contributed by atoms with Gasteiger partial charge in [-0.3, -0.25) is 14.8 Å². The first-order valence-corrected chi connectivity index (χ1v) is 7.95. The molecule has 3 aromatic rings. The van der Waals surface area contributed by atoms with Gasteiger partial charge in [-0.15, -0.1) is 5.10 Å². The number of rotatable bonds is 6. The predicted octanol–water partition coefficient (Wildman–Crippen LogP) is 1.72. The first kappa shape index (κ1) is 17.3. The van der Waals surface area contributed by atoms with E-state index in [4.69, 9.17) is 11.1 Å². The van der Waals surface area contributed by atoms with E-state index in [0.717, 1.165) is 17.0 Å². The van der Waals surface area contributed by atoms with Gasteiger partial charge in [0.25, 0.3) is 0 Å². The fourth-order valence-corrected chi connectivity index (χ4v) is 2.37. The fraction of sp³-hybridized carbons (Fsp3) is 0.167. The van der Waals surface area contributed by atoms with E-state index < -0.39 is 0 Å². The van der Waals surface area contributed by atoms with Crippen molar-refractivity contribution in [3.8, 4) is 17.1 Å². The normalized spacial score (nSPS) is 10.5. The molecule has 0 aliphatic rings. The van der Waals surface area contributed by atoms with E-state index in [0.29, 0.717) is 17.8 Å². The van der Waals surface area contributed by atoms with Gasteiger partial charge in [0.15, 0.2) is 5.82 Å². The number of aromatic nitrogens is 4. The van der Waals surface area contributed by atoms with Crippen LogP contribution < -0.4 is 5.73 Å². The van der Waals surface area contributed by atoms with Crippen LogP contribution in [0.4, 0.5) is 0 Å². The highest BCUT2D eigenvalue weighted by Gasteiger charge is 2.07. The van der Waals surface area contributed by atoms with Gasteiger partial charge in [0, 0.05) is 23.7 Å². The molecule has 26 heavy (non-hydrogen) atoms. The number of nitrogen functional groups attached to an aromatic ring is 1. The van der Waals surface area contributed by atoms with Crippen molar-refractivity contribution in [1.82, 2.24) is 19.7 Å². The zero-order chi connectivity index (χ0) is 18.5. The molecule has 8 nitrogen and oxygen atoms in total. The van der Waals surface area contributed by atoms with Crippen molar-refractivity contribution in [1.29, 1.82) is 5.41 Å². The first-order valence-electron chi connectivity index (χ1n) is 7.95. The van der Waals surface area contributed by atoms with Crippen molar-refractivity contribution in [3.05, 3.63) is 60.2 Å². The summed E-state index contributed by atoms with van der Waals surface area (Å²) in [4.78, 5) is 15.5. The quantitative estimate of drug-likeness (QED) is 0.397. The summed E-state index contributed by atoms with van der Waals surface area (Å²) >= 11 is 0. The van der Waals surface area contributed by atoms with E-state index in [9.17, 15) is 4.79 Å². The molecule has 3 N–H and O–H groups in total. The summed E-state index contributed by atoms with van der Waals surface area (Å²) in [5.74, 6) is 0.390. The number of esters is 1. The molecule has 0 bridgehead atoms. The molecular weight excluding hydrogens is 332 g/mol. The van der Waals surface area contributed by atoms with Crippen LogP contribution in [0.25, 0.3) is 17.1 Å². The standard InChI is InChI=1S/C18H18N6O2/c1-26-17(25)9-7-14-6-8-16(23-22-14)24-10-15(21-11-24)12-2-4-13(5-3-12)18(19)20/h2-6,8,10-11H,7,9H2,1H3,(H3,19,20). The summed E-state index contributed by atoms with van der Waals surface area (Å²) in [7, 11) is 1.36. The van der Waals surface area contributed by atoms with Crippen molar-refractivity contribution in [2.24, 2.45) is 5.73 Å². The molecule has 0 aliphatic carbocycles. The molecule has 1 aromatic carbocycles. The number of nitrogens with two attached hydrogens (primary N) is 1. The van der Waals surface area contributed by atoms with E-state index in [1.165, 1.54) is 7.11 Å². The Morgan fingerprint density at radius 2 is 1.96 bits per heavy atom. The number of nitrogens with zero attached hydrogens (tertiary/aromatic N) is 4. The lowest BCUT2D eigenvalue weighted by Crippen LogP contribution is -2.10. The minimum Gasteiger partial charge on any atom is -0.469 e. The number of amidine groups is 1. The van der Waals surface area contributed by atoms with Crippen LogP contribution in [0, 0.1) is 5.41 Å². The Morgan fingerprint density at radius 1 is 1.19 bits per heavy atom. The van der Waals surface area contributed by atoms with Crippen molar-refractivity contribution in [2.45, 2.75) is 12.8 Å². The van der Waals surface area contributed by atoms with Crippen LogP contribution in [0.5, 0.6) is 0 Å². The third kappa shape index (κ3) is 3.92. The van der Waals surface area contributed by atoms with Gasteiger partial charge in [-0.1, -0.05) is 24.3 Å². The maximum atomic E-state index is 11.2. The summed E-state index contributed by atoms with van der Waals surface area (Å²) in [6.07, 6.45) is 4.26. The highest BCUT2D eigenvalue weighted by molar-refractivity contribution is 5.95. The topological polar surface area (TPSA) is 120 Å². The maximum absolute atomic E-state index is 11.2. The number of carbonyl (C=O) groups excluding carboxylic acids is 1. The molecule has 2 heterocycles. The highest BCUT2D eigenvalue weighted by Crippen LogP contribution is 2.19. The lowest BCUT2D eigenvalue weighted by Gasteiger charge is -2.02. The Kier molecular flexibility index (Phi) is 5.02. The first-order chi connectivity index (χ1) is 12.6. The average Bonchev–Trinajstić information content (AvgIpc) is 3.16. The number of hydrogen-bond donors (Lipinski definition) is 2. The van der Waals surface area contributed by atoms with Crippen molar-refractivity contribution in [3.63, 3.8) is 0 Å². The largest absolute Gasteiger partial charge is 0.469 e. The summed E-state index contributed by atoms with van der Waals surface area (Å²) in [6.45, 7) is 0. The van der Waals surface area contributed by atoms with Crippen molar-refractivity contribution >= 4 is 11.8 Å². The number of nitrogens with one attached hydrogen (secondary N) is 1. The summed E-state index contributed by atoms with van der Waals surface area (Å²) < 4.78 is 6.38. The molecular formula is C18H18N6O2. The van der Waals surface area contributed by atoms with Crippen molar-refractivity contribution in [2.75, 3.05) is 7.11 Å². The van der Waals surface area contributed by atoms with Crippen LogP contribution in [0.15, 0.2) is 48.9 Å². The van der Waals surface area contributed by atoms with Crippen LogP contribution in [0.2, 0.25) is 0 Å². The maximum Gasteiger partial charge on any atom is 0.305 e. The minimum atomic E-state index is -0.272. The van der Waals surface area contributed by atoms with Gasteiger partial charge in [-0.25, -0.2) is 4.98 Å². The molecule has 0 fully saturated rings. The fourth-order valence-electron chi connectivity index (χ4n) is 2.37. The number of carbonyl (C=O) groups is 1. The zero-order valence-corrected chi connectivity index (χ0v) is 14.2. The van der Waals surface area contributed by atoms with E-state index in [1.807, 2.05) is 30.5 Å². The molecule has 2 aromatic heterocycles. The number of hydrogen-bond acceptors (Lipinski definition) is 6. The lowest BCUT2D eigenvalue weighted by molar-refractivity contribution is -0.140. The van der Waals surface area contributed by atoms with Gasteiger partial charge >= 0.3 is 5.97 Å². The van der Waals surface area contributed by atoms with Crippen LogP contribution in [-0.4, -0.2) is 38.7 Å². The second-order valence-electron chi connectivity index (χ2n) is 5.62. The Morgan fingerprint density at radius 3 is 2.58 bits per heavy atom. The summed E-state index contributed by atoms with van der Waals surface area (Å²) in [5.41, 5.74) is 8.54. The molecule has 0 amide bonds. The molecule has 0 spiro atoms. The zero-order valence-electron chi connectivity index (χ0n) is 14.2. The van der Waals surface area contributed by atoms with Crippen LogP contribution in [0.3, 0.4) is 0 Å². The number of methoxy groups -OCH3 is 1. The lowest BCUT2D eigenvalue weighted by atomic mass is 10.1. The van der Waals surface area contributed by atoms with E-state index in [1.54, 1.807) is 23.0 Å². The van der Waals surface area contributed by atoms with E-state index in [2.05, 4.69) is 19.9 Å². The highest BCUT2D eigenvalue weighted by atomic mass is 16.5. The molecule has 132 valence electrons. The number of benzene rings is 1. The SMILES string of the molecule is COC(=O)CCc1ccc(-n2cnc(-c3ccc(C(=N)N)cc3)c2)nn1. The number of imidazole rings is 1. The summed E-state index contributed by atoms with van der Waals surface area (Å²) in [5, 5.41) is 15.7. The Balaban J connectivity index is 1.73. The van der Waals surface area contributed by atoms with Gasteiger partial charge in [-0.2, -0.15) is 5.10 Å². The Labute approximate surface area is 150 Å². The molecule has 0 aliphatic heterocycles. The Bertz CT molecular complexity index is 916. The predicted molar refractivity (Wildman–Crippen MR) is 95.9 cm³/mol. The smallest absolute Gasteiger partial charge is 0.305 e. The van der Waals surface area contributed by atoms with Gasteiger partial charge in [-0.05, 0) is 12.1 Å². The number of aryl methyl sites for hydroxylation is 1. The minimum absolute atomic E-state index is 0.0321. The molecule has 3 rings (SSSR count). The number of ether oxygens (including phenoxy) is 1. The average molecular weight is 350 g/mol. The van der Waals surface area contributed by atoms with Gasteiger partial charge in [0.2, 0.25) is 0 Å². The van der Waals surface area contributed by atoms with Crippen LogP contribution in [0.1, 0.15) is 17.7 Å². The molecule has 8 heteroatoms. The second kappa shape index (κ2) is 7.56. The Hall–Kier alpha value is -3.55. The molecule has 0 radical (unpaired) electrons. The van der Waals surface area contributed by atoms with E-state index >= 15 is 0 Å². The molecule has 0 saturated heterocycles. The molecule has 0 atom stereocenters. The van der Waals surface area contributed by atoms with Crippen molar-refractivity contribution < 1.29 is 9.53 Å². The van der Waals surface area contributed by atoms with Gasteiger partial charge in [0.05, 0.1) is 24.9 Å². The van der Waals surface area contributed by atoms with Gasteiger partial charge < -0.3 is 10.5 Å². The van der Waals surface area contributed by atoms with Gasteiger partial charge in [0.1, 0.15) is 12.2 Å². The summed E-state index contributed by atoms with van der Waals surface area (Å²) in [6, 6.07) is 11.0. The third-order valence-electron chi connectivity index (χ3n) is 3.86. The monoisotopic (exact) mass is 350 g/mol. The third-order valence-corrected chi connectivity index (χ3v) is 3.86. The molecule has 0 unspecified atom stereocenters. The van der Waals surface area contributed by atoms with Crippen LogP contribution >= 0.6 is 0 Å². The van der Waals surface area contributed by atoms with Crippen LogP contribution in [-0.2, 0) is 16.0 Å². The van der Waals surface area contributed by atoms with E-state index in [-0.39, 0.29) is 18.2 Å². The molecule has 0 saturated carbocycles.